The molecule has 2 N–H and O–H groups in total. The molecule has 1 aromatic heterocycles. The van der Waals surface area contributed by atoms with Crippen molar-refractivity contribution < 1.29 is 9.18 Å². The molecule has 0 bridgehead atoms. The molecule has 1 amide bonds. The summed E-state index contributed by atoms with van der Waals surface area (Å²) in [5, 5.41) is 0. The Kier molecular flexibility index (Phi) is 4.52. The highest BCUT2D eigenvalue weighted by Crippen LogP contribution is 2.15. The zero-order chi connectivity index (χ0) is 15.4. The lowest BCUT2D eigenvalue weighted by atomic mass is 10.1. The zero-order valence-electron chi connectivity index (χ0n) is 12.1. The zero-order valence-corrected chi connectivity index (χ0v) is 12.1. The Bertz CT molecular complexity index is 658. The first-order valence-electron chi connectivity index (χ1n) is 6.78. The van der Waals surface area contributed by atoms with Crippen LogP contribution in [0.4, 0.5) is 10.1 Å². The van der Waals surface area contributed by atoms with Crippen LogP contribution in [0.15, 0.2) is 36.4 Å². The van der Waals surface area contributed by atoms with E-state index < -0.39 is 5.82 Å². The number of nitrogens with zero attached hydrogens (tertiary/aromatic N) is 2. The normalized spacial score (nSPS) is 10.4. The average Bonchev–Trinajstić information content (AvgIpc) is 2.47. The van der Waals surface area contributed by atoms with Crippen molar-refractivity contribution in [3.05, 3.63) is 59.2 Å². The number of nitrogens with two attached hydrogens (primary N) is 1. The number of benzene rings is 1. The van der Waals surface area contributed by atoms with Crippen molar-refractivity contribution in [3.8, 4) is 0 Å². The Labute approximate surface area is 123 Å². The molecule has 0 unspecified atom stereocenters. The number of rotatable bonds is 4. The monoisotopic (exact) mass is 287 g/mol. The Morgan fingerprint density at radius 3 is 2.71 bits per heavy atom. The van der Waals surface area contributed by atoms with E-state index in [2.05, 4.69) is 4.98 Å². The first-order chi connectivity index (χ1) is 10.0. The van der Waals surface area contributed by atoms with Crippen molar-refractivity contribution in [1.29, 1.82) is 0 Å². The Morgan fingerprint density at radius 1 is 1.33 bits per heavy atom. The van der Waals surface area contributed by atoms with Gasteiger partial charge in [0.25, 0.3) is 5.91 Å². The molecular weight excluding hydrogens is 269 g/mol. The average molecular weight is 287 g/mol. The van der Waals surface area contributed by atoms with E-state index in [1.165, 1.54) is 18.2 Å². The highest BCUT2D eigenvalue weighted by atomic mass is 19.1. The third-order valence-electron chi connectivity index (χ3n) is 3.21. The lowest BCUT2D eigenvalue weighted by molar-refractivity contribution is 0.0750. The summed E-state index contributed by atoms with van der Waals surface area (Å²) in [6.07, 6.45) is 0. The predicted molar refractivity (Wildman–Crippen MR) is 80.2 cm³/mol. The summed E-state index contributed by atoms with van der Waals surface area (Å²) >= 11 is 0. The molecule has 1 aromatic carbocycles. The van der Waals surface area contributed by atoms with Crippen molar-refractivity contribution in [1.82, 2.24) is 9.88 Å². The number of amides is 1. The molecular formula is C16H18FN3O. The van der Waals surface area contributed by atoms with Crippen LogP contribution in [0.2, 0.25) is 0 Å². The summed E-state index contributed by atoms with van der Waals surface area (Å²) < 4.78 is 13.2. The maximum Gasteiger partial charge on any atom is 0.254 e. The molecule has 0 aliphatic heterocycles. The number of hydrogen-bond donors (Lipinski definition) is 1. The van der Waals surface area contributed by atoms with Crippen molar-refractivity contribution >= 4 is 11.6 Å². The second-order valence-electron chi connectivity index (χ2n) is 4.83. The van der Waals surface area contributed by atoms with Gasteiger partial charge in [-0.15, -0.1) is 0 Å². The summed E-state index contributed by atoms with van der Waals surface area (Å²) in [7, 11) is 0. The fraction of sp³-hybridized carbons (Fsp3) is 0.250. The van der Waals surface area contributed by atoms with Gasteiger partial charge in [0, 0.05) is 17.8 Å². The van der Waals surface area contributed by atoms with Crippen molar-refractivity contribution in [2.75, 3.05) is 12.3 Å². The highest BCUT2D eigenvalue weighted by molar-refractivity contribution is 5.95. The van der Waals surface area contributed by atoms with Crippen LogP contribution in [0.25, 0.3) is 0 Å². The number of aromatic nitrogens is 1. The number of halogens is 1. The minimum absolute atomic E-state index is 0.0226. The quantitative estimate of drug-likeness (QED) is 0.880. The van der Waals surface area contributed by atoms with Crippen LogP contribution in [0, 0.1) is 12.7 Å². The van der Waals surface area contributed by atoms with Gasteiger partial charge < -0.3 is 10.6 Å². The Balaban J connectivity index is 2.20. The van der Waals surface area contributed by atoms with E-state index in [1.54, 1.807) is 4.90 Å². The maximum absolute atomic E-state index is 13.2. The molecule has 0 atom stereocenters. The first-order valence-corrected chi connectivity index (χ1v) is 6.78. The van der Waals surface area contributed by atoms with Crippen LogP contribution in [0.5, 0.6) is 0 Å². The van der Waals surface area contributed by atoms with Gasteiger partial charge in [0.1, 0.15) is 5.82 Å². The largest absolute Gasteiger partial charge is 0.396 e. The second kappa shape index (κ2) is 6.35. The van der Waals surface area contributed by atoms with Crippen LogP contribution >= 0.6 is 0 Å². The summed E-state index contributed by atoms with van der Waals surface area (Å²) in [5.74, 6) is -0.706. The molecule has 0 saturated heterocycles. The molecule has 2 rings (SSSR count). The van der Waals surface area contributed by atoms with Crippen LogP contribution in [0.1, 0.15) is 28.7 Å². The number of carbonyl (C=O) groups excluding carboxylic acids is 1. The molecule has 2 aromatic rings. The molecule has 0 aliphatic rings. The topological polar surface area (TPSA) is 59.2 Å². The minimum Gasteiger partial charge on any atom is -0.396 e. The molecule has 0 aliphatic carbocycles. The fourth-order valence-corrected chi connectivity index (χ4v) is 2.07. The van der Waals surface area contributed by atoms with Crippen LogP contribution in [-0.4, -0.2) is 22.3 Å². The van der Waals surface area contributed by atoms with Gasteiger partial charge in [-0.05, 0) is 44.2 Å². The summed E-state index contributed by atoms with van der Waals surface area (Å²) in [6, 6.07) is 9.71. The van der Waals surface area contributed by atoms with E-state index in [4.69, 9.17) is 5.73 Å². The SMILES string of the molecule is CCN(Cc1cccc(C)n1)C(=O)c1ccc(F)c(N)c1. The van der Waals surface area contributed by atoms with E-state index in [1.807, 2.05) is 32.0 Å². The third kappa shape index (κ3) is 3.56. The molecule has 5 heteroatoms. The minimum atomic E-state index is -0.519. The highest BCUT2D eigenvalue weighted by Gasteiger charge is 2.16. The van der Waals surface area contributed by atoms with E-state index >= 15 is 0 Å². The van der Waals surface area contributed by atoms with E-state index in [-0.39, 0.29) is 11.6 Å². The number of aryl methyl sites for hydroxylation is 1. The van der Waals surface area contributed by atoms with Gasteiger partial charge in [-0.3, -0.25) is 9.78 Å². The van der Waals surface area contributed by atoms with Gasteiger partial charge in [-0.2, -0.15) is 0 Å². The molecule has 1 heterocycles. The lowest BCUT2D eigenvalue weighted by Crippen LogP contribution is -2.30. The maximum atomic E-state index is 13.2. The van der Waals surface area contributed by atoms with Gasteiger partial charge in [0.05, 0.1) is 17.9 Å². The van der Waals surface area contributed by atoms with E-state index in [0.717, 1.165) is 11.4 Å². The molecule has 0 spiro atoms. The first kappa shape index (κ1) is 15.0. The number of pyridine rings is 1. The molecule has 0 saturated carbocycles. The van der Waals surface area contributed by atoms with Crippen molar-refractivity contribution in [2.24, 2.45) is 0 Å². The summed E-state index contributed by atoms with van der Waals surface area (Å²) in [4.78, 5) is 18.5. The van der Waals surface area contributed by atoms with Gasteiger partial charge in [0.2, 0.25) is 0 Å². The number of carbonyl (C=O) groups is 1. The predicted octanol–water partition coefficient (Wildman–Crippen LogP) is 2.77. The molecule has 0 radical (unpaired) electrons. The molecule has 4 nitrogen and oxygen atoms in total. The number of nitrogen functional groups attached to an aromatic ring is 1. The number of hydrogen-bond acceptors (Lipinski definition) is 3. The number of anilines is 1. The van der Waals surface area contributed by atoms with Crippen LogP contribution in [0.3, 0.4) is 0 Å². The van der Waals surface area contributed by atoms with Crippen molar-refractivity contribution in [2.45, 2.75) is 20.4 Å². The standard InChI is InChI=1S/C16H18FN3O/c1-3-20(10-13-6-4-5-11(2)19-13)16(21)12-7-8-14(17)15(18)9-12/h4-9H,3,10,18H2,1-2H3. The second-order valence-corrected chi connectivity index (χ2v) is 4.83. The third-order valence-corrected chi connectivity index (χ3v) is 3.21. The van der Waals surface area contributed by atoms with Gasteiger partial charge in [-0.25, -0.2) is 4.39 Å². The van der Waals surface area contributed by atoms with Crippen LogP contribution < -0.4 is 5.73 Å². The fourth-order valence-electron chi connectivity index (χ4n) is 2.07. The van der Waals surface area contributed by atoms with E-state index in [0.29, 0.717) is 18.7 Å². The molecule has 0 fully saturated rings. The molecule has 110 valence electrons. The Hall–Kier alpha value is -2.43. The lowest BCUT2D eigenvalue weighted by Gasteiger charge is -2.21. The molecule has 21 heavy (non-hydrogen) atoms. The smallest absolute Gasteiger partial charge is 0.254 e. The van der Waals surface area contributed by atoms with Gasteiger partial charge in [-0.1, -0.05) is 6.07 Å². The van der Waals surface area contributed by atoms with Gasteiger partial charge >= 0.3 is 0 Å². The van der Waals surface area contributed by atoms with Gasteiger partial charge in [0.15, 0.2) is 0 Å². The van der Waals surface area contributed by atoms with E-state index in [9.17, 15) is 9.18 Å². The Morgan fingerprint density at radius 2 is 2.10 bits per heavy atom. The summed E-state index contributed by atoms with van der Waals surface area (Å²) in [6.45, 7) is 4.74. The van der Waals surface area contributed by atoms with Crippen LogP contribution in [-0.2, 0) is 6.54 Å². The van der Waals surface area contributed by atoms with Crippen molar-refractivity contribution in [3.63, 3.8) is 0 Å². The summed E-state index contributed by atoms with van der Waals surface area (Å²) in [5.41, 5.74) is 7.59.